The van der Waals surface area contributed by atoms with Crippen molar-refractivity contribution in [1.29, 1.82) is 0 Å². The van der Waals surface area contributed by atoms with Gasteiger partial charge in [-0.05, 0) is 55.3 Å². The van der Waals surface area contributed by atoms with Gasteiger partial charge in [0.15, 0.2) is 19.7 Å². The van der Waals surface area contributed by atoms with Crippen LogP contribution in [0.2, 0.25) is 0 Å². The summed E-state index contributed by atoms with van der Waals surface area (Å²) < 4.78 is 77.4. The normalized spacial score (nSPS) is 21.7. The summed E-state index contributed by atoms with van der Waals surface area (Å²) >= 11 is 0. The van der Waals surface area contributed by atoms with Crippen LogP contribution in [0.15, 0.2) is 47.4 Å². The Morgan fingerprint density at radius 1 is 1.07 bits per heavy atom. The molecule has 0 radical (unpaired) electrons. The highest BCUT2D eigenvalue weighted by atomic mass is 32.2. The van der Waals surface area contributed by atoms with E-state index in [0.717, 1.165) is 12.1 Å². The van der Waals surface area contributed by atoms with E-state index in [9.17, 15) is 25.6 Å². The van der Waals surface area contributed by atoms with Gasteiger partial charge in [-0.3, -0.25) is 0 Å². The summed E-state index contributed by atoms with van der Waals surface area (Å²) in [5.41, 5.74) is 0.635. The molecule has 0 aliphatic carbocycles. The fraction of sp³-hybridized carbons (Fsp3) is 0.368. The molecule has 2 atom stereocenters. The van der Waals surface area contributed by atoms with Gasteiger partial charge in [0.25, 0.3) is 0 Å². The van der Waals surface area contributed by atoms with E-state index < -0.39 is 42.5 Å². The van der Waals surface area contributed by atoms with E-state index in [1.807, 2.05) is 0 Å². The van der Waals surface area contributed by atoms with Crippen LogP contribution in [0.1, 0.15) is 11.1 Å². The van der Waals surface area contributed by atoms with E-state index >= 15 is 0 Å². The monoisotopic (exact) mass is 429 g/mol. The second kappa shape index (κ2) is 7.88. The summed E-state index contributed by atoms with van der Waals surface area (Å²) in [6, 6.07) is 8.84. The maximum Gasteiger partial charge on any atom is 0.183 e. The molecule has 152 valence electrons. The zero-order chi connectivity index (χ0) is 20.5. The van der Waals surface area contributed by atoms with E-state index in [4.69, 9.17) is 0 Å². The Balaban J connectivity index is 1.79. The van der Waals surface area contributed by atoms with Gasteiger partial charge >= 0.3 is 0 Å². The molecule has 1 aliphatic heterocycles. The zero-order valence-electron chi connectivity index (χ0n) is 15.2. The van der Waals surface area contributed by atoms with Gasteiger partial charge in [-0.2, -0.15) is 0 Å². The predicted molar refractivity (Wildman–Crippen MR) is 103 cm³/mol. The van der Waals surface area contributed by atoms with E-state index in [1.54, 1.807) is 18.2 Å². The lowest BCUT2D eigenvalue weighted by atomic mass is 10.1. The number of halogens is 2. The number of aryl methyl sites for hydroxylation is 1. The molecule has 0 amide bonds. The maximum absolute atomic E-state index is 13.7. The highest BCUT2D eigenvalue weighted by Crippen LogP contribution is 2.27. The molecule has 1 fully saturated rings. The van der Waals surface area contributed by atoms with Crippen LogP contribution in [0.5, 0.6) is 0 Å². The van der Waals surface area contributed by atoms with E-state index in [1.165, 1.54) is 19.1 Å². The van der Waals surface area contributed by atoms with Crippen LogP contribution in [-0.2, 0) is 26.1 Å². The van der Waals surface area contributed by atoms with Crippen molar-refractivity contribution in [1.82, 2.24) is 5.32 Å². The van der Waals surface area contributed by atoms with Gasteiger partial charge in [-0.25, -0.2) is 25.6 Å². The van der Waals surface area contributed by atoms with Crippen LogP contribution in [0.25, 0.3) is 0 Å². The van der Waals surface area contributed by atoms with Crippen LogP contribution in [0, 0.1) is 18.6 Å². The van der Waals surface area contributed by atoms with Crippen molar-refractivity contribution in [2.75, 3.05) is 18.1 Å². The van der Waals surface area contributed by atoms with E-state index in [2.05, 4.69) is 5.32 Å². The van der Waals surface area contributed by atoms with Crippen LogP contribution >= 0.6 is 0 Å². The lowest BCUT2D eigenvalue weighted by molar-refractivity contribution is 0.523. The number of hydrogen-bond donors (Lipinski definition) is 1. The first-order valence-electron chi connectivity index (χ1n) is 8.77. The summed E-state index contributed by atoms with van der Waals surface area (Å²) in [4.78, 5) is -0.102. The Bertz CT molecular complexity index is 1080. The molecule has 1 N–H and O–H groups in total. The molecule has 2 aromatic rings. The van der Waals surface area contributed by atoms with Crippen LogP contribution in [0.3, 0.4) is 0 Å². The average Bonchev–Trinajstić information content (AvgIpc) is 2.94. The van der Waals surface area contributed by atoms with Gasteiger partial charge in [0.2, 0.25) is 0 Å². The first kappa shape index (κ1) is 20.9. The van der Waals surface area contributed by atoms with Crippen molar-refractivity contribution >= 4 is 19.7 Å². The molecule has 5 nitrogen and oxygen atoms in total. The quantitative estimate of drug-likeness (QED) is 0.711. The Morgan fingerprint density at radius 3 is 2.46 bits per heavy atom. The van der Waals surface area contributed by atoms with Gasteiger partial charge in [-0.1, -0.05) is 18.2 Å². The summed E-state index contributed by atoms with van der Waals surface area (Å²) in [6.07, 6.45) is 0.297. The SMILES string of the molecule is Cc1cc(S(=O)(=O)[C@H]2CS(=O)(=O)C[C@@H]2NCCc2ccccc2F)ccc1F. The molecule has 0 spiro atoms. The fourth-order valence-electron chi connectivity index (χ4n) is 3.37. The van der Waals surface area contributed by atoms with Gasteiger partial charge in [0.05, 0.1) is 21.7 Å². The smallest absolute Gasteiger partial charge is 0.183 e. The van der Waals surface area contributed by atoms with Crippen molar-refractivity contribution < 1.29 is 25.6 Å². The fourth-order valence-corrected chi connectivity index (χ4v) is 8.17. The van der Waals surface area contributed by atoms with Gasteiger partial charge in [0, 0.05) is 6.04 Å². The van der Waals surface area contributed by atoms with Gasteiger partial charge in [0.1, 0.15) is 11.6 Å². The van der Waals surface area contributed by atoms with Crippen molar-refractivity contribution in [3.63, 3.8) is 0 Å². The topological polar surface area (TPSA) is 80.3 Å². The Labute approximate surface area is 163 Å². The molecular weight excluding hydrogens is 408 g/mol. The number of hydrogen-bond acceptors (Lipinski definition) is 5. The molecule has 1 saturated heterocycles. The summed E-state index contributed by atoms with van der Waals surface area (Å²) in [7, 11) is -7.53. The highest BCUT2D eigenvalue weighted by Gasteiger charge is 2.45. The molecular formula is C19H21F2NO4S2. The Morgan fingerprint density at radius 2 is 1.79 bits per heavy atom. The van der Waals surface area contributed by atoms with Crippen molar-refractivity contribution in [3.05, 3.63) is 65.2 Å². The molecule has 0 aromatic heterocycles. The number of benzene rings is 2. The second-order valence-corrected chi connectivity index (χ2v) is 11.3. The number of nitrogens with one attached hydrogen (secondary N) is 1. The van der Waals surface area contributed by atoms with E-state index in [0.29, 0.717) is 12.0 Å². The van der Waals surface area contributed by atoms with Crippen LogP contribution in [-0.4, -0.2) is 46.2 Å². The summed E-state index contributed by atoms with van der Waals surface area (Å²) in [6.45, 7) is 1.68. The molecule has 28 heavy (non-hydrogen) atoms. The standard InChI is InChI=1S/C19H21F2NO4S2/c1-13-10-15(6-7-16(13)20)28(25,26)19-12-27(23,24)11-18(19)22-9-8-14-4-2-3-5-17(14)21/h2-7,10,18-19,22H,8-9,11-12H2,1H3/t18-,19-/m0/s1. The molecule has 2 aromatic carbocycles. The molecule has 1 heterocycles. The molecule has 0 saturated carbocycles. The van der Waals surface area contributed by atoms with Crippen molar-refractivity contribution in [2.45, 2.75) is 29.5 Å². The predicted octanol–water partition coefficient (Wildman–Crippen LogP) is 2.04. The minimum absolute atomic E-state index is 0.102. The first-order chi connectivity index (χ1) is 13.1. The zero-order valence-corrected chi connectivity index (χ0v) is 16.9. The van der Waals surface area contributed by atoms with Crippen molar-refractivity contribution in [2.24, 2.45) is 0 Å². The third kappa shape index (κ3) is 4.42. The largest absolute Gasteiger partial charge is 0.311 e. The second-order valence-electron chi connectivity index (χ2n) is 6.97. The number of sulfone groups is 2. The third-order valence-corrected chi connectivity index (χ3v) is 9.06. The van der Waals surface area contributed by atoms with Crippen LogP contribution in [0.4, 0.5) is 8.78 Å². The average molecular weight is 430 g/mol. The number of rotatable bonds is 6. The van der Waals surface area contributed by atoms with Gasteiger partial charge in [-0.15, -0.1) is 0 Å². The minimum Gasteiger partial charge on any atom is -0.311 e. The van der Waals surface area contributed by atoms with Gasteiger partial charge < -0.3 is 5.32 Å². The van der Waals surface area contributed by atoms with E-state index in [-0.39, 0.29) is 28.6 Å². The summed E-state index contributed by atoms with van der Waals surface area (Å²) in [5.74, 6) is -1.70. The third-order valence-electron chi connectivity index (χ3n) is 4.92. The molecule has 0 bridgehead atoms. The molecule has 9 heteroatoms. The molecule has 0 unspecified atom stereocenters. The Hall–Kier alpha value is -1.84. The summed E-state index contributed by atoms with van der Waals surface area (Å²) in [5, 5.41) is 1.79. The molecule has 3 rings (SSSR count). The Kier molecular flexibility index (Phi) is 5.88. The van der Waals surface area contributed by atoms with Crippen LogP contribution < -0.4 is 5.32 Å². The lowest BCUT2D eigenvalue weighted by Gasteiger charge is -2.20. The maximum atomic E-state index is 13.7. The molecule has 1 aliphatic rings. The van der Waals surface area contributed by atoms with Crippen molar-refractivity contribution in [3.8, 4) is 0 Å². The lowest BCUT2D eigenvalue weighted by Crippen LogP contribution is -2.44. The highest BCUT2D eigenvalue weighted by molar-refractivity contribution is 7.96. The minimum atomic E-state index is -3.98. The first-order valence-corrected chi connectivity index (χ1v) is 12.1.